The zero-order chi connectivity index (χ0) is 6.78. The standard InChI is InChI=1S/C5H8Cl2O/c1-5(2,8)4(7)3-6/h3,8H,1-2H3. The zero-order valence-corrected chi connectivity index (χ0v) is 6.29. The van der Waals surface area contributed by atoms with Crippen LogP contribution in [0.15, 0.2) is 10.6 Å². The summed E-state index contributed by atoms with van der Waals surface area (Å²) in [6.07, 6.45) is 0. The summed E-state index contributed by atoms with van der Waals surface area (Å²) >= 11 is 10.6. The molecule has 0 unspecified atom stereocenters. The lowest BCUT2D eigenvalue weighted by Gasteiger charge is -2.13. The van der Waals surface area contributed by atoms with Gasteiger partial charge in [-0.25, -0.2) is 0 Å². The molecule has 0 aliphatic rings. The van der Waals surface area contributed by atoms with Crippen LogP contribution in [0.2, 0.25) is 0 Å². The summed E-state index contributed by atoms with van der Waals surface area (Å²) in [7, 11) is 0. The van der Waals surface area contributed by atoms with Crippen molar-refractivity contribution in [3.63, 3.8) is 0 Å². The molecule has 0 atom stereocenters. The van der Waals surface area contributed by atoms with Gasteiger partial charge in [0, 0.05) is 5.54 Å². The Labute approximate surface area is 58.9 Å². The maximum Gasteiger partial charge on any atom is 0.0954 e. The molecule has 0 rings (SSSR count). The van der Waals surface area contributed by atoms with Gasteiger partial charge in [0.2, 0.25) is 0 Å². The fraction of sp³-hybridized carbons (Fsp3) is 0.600. The third-order valence-corrected chi connectivity index (χ3v) is 1.58. The fourth-order valence-electron chi connectivity index (χ4n) is 0.134. The Morgan fingerprint density at radius 1 is 1.62 bits per heavy atom. The van der Waals surface area contributed by atoms with Gasteiger partial charge >= 0.3 is 0 Å². The SMILES string of the molecule is CC(C)(O)C(Cl)=CCl. The van der Waals surface area contributed by atoms with Crippen molar-refractivity contribution in [3.05, 3.63) is 10.6 Å². The summed E-state index contributed by atoms with van der Waals surface area (Å²) in [5.41, 5.74) is 0.158. The van der Waals surface area contributed by atoms with E-state index in [1.807, 2.05) is 0 Å². The maximum absolute atomic E-state index is 9.00. The zero-order valence-electron chi connectivity index (χ0n) is 4.78. The molecule has 0 fully saturated rings. The largest absolute Gasteiger partial charge is 0.385 e. The lowest BCUT2D eigenvalue weighted by atomic mass is 10.1. The summed E-state index contributed by atoms with van der Waals surface area (Å²) < 4.78 is 0. The van der Waals surface area contributed by atoms with Gasteiger partial charge in [0.25, 0.3) is 0 Å². The second-order valence-corrected chi connectivity index (χ2v) is 2.64. The lowest BCUT2D eigenvalue weighted by molar-refractivity contribution is 0.128. The summed E-state index contributed by atoms with van der Waals surface area (Å²) in [4.78, 5) is 0. The molecular formula is C5H8Cl2O. The van der Waals surface area contributed by atoms with Gasteiger partial charge in [-0.1, -0.05) is 23.2 Å². The molecule has 1 nitrogen and oxygen atoms in total. The van der Waals surface area contributed by atoms with E-state index < -0.39 is 5.60 Å². The number of halogens is 2. The van der Waals surface area contributed by atoms with Gasteiger partial charge in [0.1, 0.15) is 0 Å². The molecule has 0 amide bonds. The van der Waals surface area contributed by atoms with Gasteiger partial charge in [-0.2, -0.15) is 0 Å². The van der Waals surface area contributed by atoms with Crippen LogP contribution in [0.5, 0.6) is 0 Å². The third-order valence-electron chi connectivity index (χ3n) is 0.680. The fourth-order valence-corrected chi connectivity index (χ4v) is 0.401. The van der Waals surface area contributed by atoms with E-state index in [2.05, 4.69) is 0 Å². The summed E-state index contributed by atoms with van der Waals surface area (Å²) in [5, 5.41) is 9.25. The van der Waals surface area contributed by atoms with Crippen molar-refractivity contribution < 1.29 is 5.11 Å². The minimum Gasteiger partial charge on any atom is -0.385 e. The van der Waals surface area contributed by atoms with Crippen molar-refractivity contribution in [1.29, 1.82) is 0 Å². The predicted octanol–water partition coefficient (Wildman–Crippen LogP) is 2.08. The summed E-state index contributed by atoms with van der Waals surface area (Å²) in [6.45, 7) is 3.13. The maximum atomic E-state index is 9.00. The topological polar surface area (TPSA) is 20.2 Å². The average molecular weight is 155 g/mol. The number of aliphatic hydroxyl groups is 1. The summed E-state index contributed by atoms with van der Waals surface area (Å²) in [6, 6.07) is 0. The van der Waals surface area contributed by atoms with E-state index in [1.54, 1.807) is 13.8 Å². The Balaban J connectivity index is 4.03. The van der Waals surface area contributed by atoms with E-state index in [4.69, 9.17) is 28.3 Å². The van der Waals surface area contributed by atoms with Crippen LogP contribution in [0, 0.1) is 0 Å². The van der Waals surface area contributed by atoms with Crippen molar-refractivity contribution in [2.75, 3.05) is 0 Å². The monoisotopic (exact) mass is 154 g/mol. The number of rotatable bonds is 1. The molecule has 48 valence electrons. The Kier molecular flexibility index (Phi) is 2.81. The van der Waals surface area contributed by atoms with E-state index in [0.29, 0.717) is 0 Å². The molecule has 0 bridgehead atoms. The van der Waals surface area contributed by atoms with E-state index in [0.717, 1.165) is 5.54 Å². The number of hydrogen-bond donors (Lipinski definition) is 1. The minimum absolute atomic E-state index is 0.249. The van der Waals surface area contributed by atoms with Gasteiger partial charge in [-0.05, 0) is 13.8 Å². The highest BCUT2D eigenvalue weighted by Crippen LogP contribution is 2.19. The van der Waals surface area contributed by atoms with Crippen LogP contribution in [0.3, 0.4) is 0 Å². The highest BCUT2D eigenvalue weighted by Gasteiger charge is 2.15. The van der Waals surface area contributed by atoms with Crippen LogP contribution in [0.1, 0.15) is 13.8 Å². The van der Waals surface area contributed by atoms with Gasteiger partial charge in [-0.3, -0.25) is 0 Å². The third kappa shape index (κ3) is 2.55. The van der Waals surface area contributed by atoms with Crippen molar-refractivity contribution >= 4 is 23.2 Å². The molecule has 0 saturated heterocycles. The van der Waals surface area contributed by atoms with Crippen molar-refractivity contribution in [2.45, 2.75) is 19.4 Å². The van der Waals surface area contributed by atoms with Crippen LogP contribution < -0.4 is 0 Å². The lowest BCUT2D eigenvalue weighted by Crippen LogP contribution is -2.17. The van der Waals surface area contributed by atoms with Gasteiger partial charge in [0.15, 0.2) is 0 Å². The molecule has 0 saturated carbocycles. The molecule has 0 aromatic carbocycles. The first kappa shape index (κ1) is 8.28. The molecule has 0 aliphatic heterocycles. The van der Waals surface area contributed by atoms with Crippen molar-refractivity contribution in [2.24, 2.45) is 0 Å². The van der Waals surface area contributed by atoms with Gasteiger partial charge in [-0.15, -0.1) is 0 Å². The van der Waals surface area contributed by atoms with E-state index in [1.165, 1.54) is 0 Å². The first-order valence-corrected chi connectivity index (χ1v) is 2.98. The molecule has 0 aromatic heterocycles. The first-order valence-electron chi connectivity index (χ1n) is 2.17. The smallest absolute Gasteiger partial charge is 0.0954 e. The van der Waals surface area contributed by atoms with E-state index >= 15 is 0 Å². The molecule has 0 aliphatic carbocycles. The van der Waals surface area contributed by atoms with Crippen LogP contribution in [0.25, 0.3) is 0 Å². The molecule has 0 spiro atoms. The van der Waals surface area contributed by atoms with E-state index in [9.17, 15) is 0 Å². The van der Waals surface area contributed by atoms with E-state index in [-0.39, 0.29) is 5.03 Å². The molecule has 0 aromatic rings. The molecule has 1 N–H and O–H groups in total. The van der Waals surface area contributed by atoms with Crippen molar-refractivity contribution in [3.8, 4) is 0 Å². The highest BCUT2D eigenvalue weighted by molar-refractivity contribution is 6.37. The quantitative estimate of drug-likeness (QED) is 0.614. The van der Waals surface area contributed by atoms with Gasteiger partial charge in [0.05, 0.1) is 10.6 Å². The van der Waals surface area contributed by atoms with Crippen LogP contribution in [-0.2, 0) is 0 Å². The Morgan fingerprint density at radius 3 is 2.00 bits per heavy atom. The van der Waals surface area contributed by atoms with Crippen molar-refractivity contribution in [1.82, 2.24) is 0 Å². The molecular weight excluding hydrogens is 147 g/mol. The normalized spacial score (nSPS) is 14.4. The average Bonchev–Trinajstić information content (AvgIpc) is 1.62. The number of hydrogen-bond acceptors (Lipinski definition) is 1. The second kappa shape index (κ2) is 2.72. The minimum atomic E-state index is -0.997. The van der Waals surface area contributed by atoms with Gasteiger partial charge < -0.3 is 5.11 Å². The highest BCUT2D eigenvalue weighted by atomic mass is 35.5. The van der Waals surface area contributed by atoms with Crippen LogP contribution in [-0.4, -0.2) is 10.7 Å². The molecule has 0 radical (unpaired) electrons. The Hall–Kier alpha value is 0.280. The Bertz CT molecular complexity index is 101. The summed E-state index contributed by atoms with van der Waals surface area (Å²) in [5.74, 6) is 0. The molecule has 0 heterocycles. The second-order valence-electron chi connectivity index (χ2n) is 2.02. The Morgan fingerprint density at radius 2 is 2.00 bits per heavy atom. The van der Waals surface area contributed by atoms with Crippen LogP contribution >= 0.6 is 23.2 Å². The first-order chi connectivity index (χ1) is 3.48. The van der Waals surface area contributed by atoms with Crippen LogP contribution in [0.4, 0.5) is 0 Å². The molecule has 8 heavy (non-hydrogen) atoms. The predicted molar refractivity (Wildman–Crippen MR) is 36.1 cm³/mol. The molecule has 3 heteroatoms.